The maximum Gasteiger partial charge on any atom is 0.259 e. The standard InChI is InChI=1S/C18H14Cl2N2O2/c1-12-10-17(21-24-12)22(11-13-2-6-15(19)7-3-13)18(23)14-4-8-16(20)9-5-14/h2-10H,11H2,1H3. The number of anilines is 1. The van der Waals surface area contributed by atoms with E-state index in [9.17, 15) is 4.79 Å². The molecule has 6 heteroatoms. The third kappa shape index (κ3) is 3.78. The lowest BCUT2D eigenvalue weighted by molar-refractivity contribution is 0.0983. The molecule has 1 amide bonds. The number of benzene rings is 2. The highest BCUT2D eigenvalue weighted by atomic mass is 35.5. The molecule has 0 saturated heterocycles. The Hall–Kier alpha value is -2.30. The Balaban J connectivity index is 1.93. The van der Waals surface area contributed by atoms with E-state index in [0.29, 0.717) is 33.7 Å². The molecule has 0 unspecified atom stereocenters. The molecule has 1 aromatic heterocycles. The fourth-order valence-electron chi connectivity index (χ4n) is 2.26. The SMILES string of the molecule is Cc1cc(N(Cc2ccc(Cl)cc2)C(=O)c2ccc(Cl)cc2)no1. The smallest absolute Gasteiger partial charge is 0.259 e. The first-order valence-corrected chi connectivity index (χ1v) is 8.04. The molecule has 122 valence electrons. The molecule has 0 N–H and O–H groups in total. The van der Waals surface area contributed by atoms with E-state index in [1.165, 1.54) is 0 Å². The van der Waals surface area contributed by atoms with Crippen molar-refractivity contribution in [1.29, 1.82) is 0 Å². The van der Waals surface area contributed by atoms with Crippen LogP contribution in [0.25, 0.3) is 0 Å². The Bertz CT molecular complexity index is 842. The van der Waals surface area contributed by atoms with Gasteiger partial charge in [0.15, 0.2) is 5.82 Å². The van der Waals surface area contributed by atoms with E-state index in [2.05, 4.69) is 5.16 Å². The summed E-state index contributed by atoms with van der Waals surface area (Å²) in [7, 11) is 0. The van der Waals surface area contributed by atoms with Crippen LogP contribution in [0.5, 0.6) is 0 Å². The Labute approximate surface area is 149 Å². The highest BCUT2D eigenvalue weighted by molar-refractivity contribution is 6.31. The van der Waals surface area contributed by atoms with E-state index >= 15 is 0 Å². The molecule has 0 aliphatic rings. The van der Waals surface area contributed by atoms with Crippen LogP contribution < -0.4 is 4.90 Å². The molecule has 1 heterocycles. The van der Waals surface area contributed by atoms with Crippen LogP contribution in [0.4, 0.5) is 5.82 Å². The third-order valence-corrected chi connectivity index (χ3v) is 3.99. The molecular formula is C18H14Cl2N2O2. The van der Waals surface area contributed by atoms with Crippen molar-refractivity contribution >= 4 is 34.9 Å². The summed E-state index contributed by atoms with van der Waals surface area (Å²) in [5, 5.41) is 5.19. The molecule has 0 atom stereocenters. The third-order valence-electron chi connectivity index (χ3n) is 3.48. The zero-order valence-electron chi connectivity index (χ0n) is 12.9. The summed E-state index contributed by atoms with van der Waals surface area (Å²) in [4.78, 5) is 14.5. The summed E-state index contributed by atoms with van der Waals surface area (Å²) >= 11 is 11.8. The van der Waals surface area contributed by atoms with Crippen molar-refractivity contribution in [3.8, 4) is 0 Å². The summed E-state index contributed by atoms with van der Waals surface area (Å²) < 4.78 is 5.12. The van der Waals surface area contributed by atoms with E-state index < -0.39 is 0 Å². The molecule has 0 bridgehead atoms. The van der Waals surface area contributed by atoms with Gasteiger partial charge in [-0.3, -0.25) is 9.69 Å². The fourth-order valence-corrected chi connectivity index (χ4v) is 2.51. The molecule has 0 aliphatic heterocycles. The number of nitrogens with zero attached hydrogens (tertiary/aromatic N) is 2. The second-order valence-corrected chi connectivity index (χ2v) is 6.19. The second-order valence-electron chi connectivity index (χ2n) is 5.32. The maximum absolute atomic E-state index is 12.9. The van der Waals surface area contributed by atoms with E-state index in [4.69, 9.17) is 27.7 Å². The van der Waals surface area contributed by atoms with Gasteiger partial charge in [-0.25, -0.2) is 0 Å². The predicted molar refractivity (Wildman–Crippen MR) is 94.7 cm³/mol. The van der Waals surface area contributed by atoms with Crippen molar-refractivity contribution in [1.82, 2.24) is 5.16 Å². The van der Waals surface area contributed by atoms with Crippen LogP contribution in [0.2, 0.25) is 10.0 Å². The predicted octanol–water partition coefficient (Wildman–Crippen LogP) is 5.14. The van der Waals surface area contributed by atoms with Crippen molar-refractivity contribution in [2.75, 3.05) is 4.90 Å². The van der Waals surface area contributed by atoms with E-state index in [1.807, 2.05) is 12.1 Å². The van der Waals surface area contributed by atoms with Crippen LogP contribution in [-0.4, -0.2) is 11.1 Å². The molecule has 0 fully saturated rings. The number of halogens is 2. The van der Waals surface area contributed by atoms with Gasteiger partial charge in [0.25, 0.3) is 5.91 Å². The number of hydrogen-bond donors (Lipinski definition) is 0. The van der Waals surface area contributed by atoms with Gasteiger partial charge in [-0.05, 0) is 48.9 Å². The lowest BCUT2D eigenvalue weighted by atomic mass is 10.1. The van der Waals surface area contributed by atoms with Crippen LogP contribution in [0, 0.1) is 6.92 Å². The molecule has 0 spiro atoms. The summed E-state index contributed by atoms with van der Waals surface area (Å²) in [5.74, 6) is 0.910. The van der Waals surface area contributed by atoms with Crippen LogP contribution in [0.15, 0.2) is 59.1 Å². The normalized spacial score (nSPS) is 10.6. The fraction of sp³-hybridized carbons (Fsp3) is 0.111. The molecule has 0 saturated carbocycles. The average Bonchev–Trinajstić information content (AvgIpc) is 3.00. The minimum Gasteiger partial charge on any atom is -0.360 e. The molecule has 4 nitrogen and oxygen atoms in total. The number of aromatic nitrogens is 1. The first-order chi connectivity index (χ1) is 11.5. The summed E-state index contributed by atoms with van der Waals surface area (Å²) in [6.07, 6.45) is 0. The maximum atomic E-state index is 12.9. The Morgan fingerprint density at radius 3 is 2.17 bits per heavy atom. The van der Waals surface area contributed by atoms with Gasteiger partial charge >= 0.3 is 0 Å². The highest BCUT2D eigenvalue weighted by Crippen LogP contribution is 2.21. The van der Waals surface area contributed by atoms with Gasteiger partial charge in [0.1, 0.15) is 5.76 Å². The summed E-state index contributed by atoms with van der Waals surface area (Å²) in [6, 6.07) is 15.8. The topological polar surface area (TPSA) is 46.3 Å². The van der Waals surface area contributed by atoms with Gasteiger partial charge in [-0.1, -0.05) is 40.5 Å². The molecule has 24 heavy (non-hydrogen) atoms. The van der Waals surface area contributed by atoms with Gasteiger partial charge in [0.05, 0.1) is 6.54 Å². The van der Waals surface area contributed by atoms with Gasteiger partial charge in [0.2, 0.25) is 0 Å². The highest BCUT2D eigenvalue weighted by Gasteiger charge is 2.21. The van der Waals surface area contributed by atoms with Gasteiger partial charge in [0, 0.05) is 21.7 Å². The van der Waals surface area contributed by atoms with Gasteiger partial charge in [-0.2, -0.15) is 0 Å². The van der Waals surface area contributed by atoms with Crippen LogP contribution >= 0.6 is 23.2 Å². The van der Waals surface area contributed by atoms with Crippen molar-refractivity contribution in [3.63, 3.8) is 0 Å². The number of aryl methyl sites for hydroxylation is 1. The van der Waals surface area contributed by atoms with Crippen molar-refractivity contribution < 1.29 is 9.32 Å². The van der Waals surface area contributed by atoms with Crippen molar-refractivity contribution in [2.24, 2.45) is 0 Å². The Kier molecular flexibility index (Phi) is 4.88. The van der Waals surface area contributed by atoms with Crippen LogP contribution in [-0.2, 0) is 6.54 Å². The summed E-state index contributed by atoms with van der Waals surface area (Å²) in [5.41, 5.74) is 1.45. The quantitative estimate of drug-likeness (QED) is 0.647. The molecule has 3 rings (SSSR count). The summed E-state index contributed by atoms with van der Waals surface area (Å²) in [6.45, 7) is 2.13. The number of hydrogen-bond acceptors (Lipinski definition) is 3. The monoisotopic (exact) mass is 360 g/mol. The average molecular weight is 361 g/mol. The van der Waals surface area contributed by atoms with Gasteiger partial charge < -0.3 is 4.52 Å². The Morgan fingerprint density at radius 2 is 1.62 bits per heavy atom. The first-order valence-electron chi connectivity index (χ1n) is 7.28. The minimum atomic E-state index is -0.185. The number of amides is 1. The number of carbonyl (C=O) groups excluding carboxylic acids is 1. The molecule has 2 aromatic carbocycles. The van der Waals surface area contributed by atoms with E-state index in [-0.39, 0.29) is 5.91 Å². The molecule has 0 aliphatic carbocycles. The lowest BCUT2D eigenvalue weighted by Crippen LogP contribution is -2.30. The van der Waals surface area contributed by atoms with E-state index in [0.717, 1.165) is 5.56 Å². The van der Waals surface area contributed by atoms with Gasteiger partial charge in [-0.15, -0.1) is 0 Å². The second kappa shape index (κ2) is 7.07. The zero-order chi connectivity index (χ0) is 17.1. The first kappa shape index (κ1) is 16.6. The molecule has 3 aromatic rings. The van der Waals surface area contributed by atoms with Crippen molar-refractivity contribution in [2.45, 2.75) is 13.5 Å². The molecule has 0 radical (unpaired) electrons. The van der Waals surface area contributed by atoms with Crippen molar-refractivity contribution in [3.05, 3.63) is 81.5 Å². The Morgan fingerprint density at radius 1 is 1.04 bits per heavy atom. The van der Waals surface area contributed by atoms with E-state index in [1.54, 1.807) is 54.3 Å². The number of rotatable bonds is 4. The van der Waals surface area contributed by atoms with Crippen LogP contribution in [0.3, 0.4) is 0 Å². The lowest BCUT2D eigenvalue weighted by Gasteiger charge is -2.20. The largest absolute Gasteiger partial charge is 0.360 e. The van der Waals surface area contributed by atoms with Crippen LogP contribution in [0.1, 0.15) is 21.7 Å². The number of carbonyl (C=O) groups is 1. The zero-order valence-corrected chi connectivity index (χ0v) is 14.4. The minimum absolute atomic E-state index is 0.185. The molecular weight excluding hydrogens is 347 g/mol.